The van der Waals surface area contributed by atoms with Crippen LogP contribution in [0.5, 0.6) is 5.75 Å². The highest BCUT2D eigenvalue weighted by molar-refractivity contribution is 7.10. The molecule has 184 valence electrons. The first-order valence-corrected chi connectivity index (χ1v) is 14.0. The fourth-order valence-corrected chi connectivity index (χ4v) is 6.34. The highest BCUT2D eigenvalue weighted by Crippen LogP contribution is 2.38. The third-order valence-electron chi connectivity index (χ3n) is 7.50. The van der Waals surface area contributed by atoms with E-state index in [4.69, 9.17) is 9.72 Å². The molecular formula is C30H36N2O2S. The topological polar surface area (TPSA) is 42.4 Å². The van der Waals surface area contributed by atoms with Crippen LogP contribution in [-0.2, 0) is 6.61 Å². The number of hydrogen-bond donors (Lipinski definition) is 0. The van der Waals surface area contributed by atoms with Crippen molar-refractivity contribution in [2.45, 2.75) is 77.7 Å². The van der Waals surface area contributed by atoms with Crippen molar-refractivity contribution >= 4 is 17.2 Å². The minimum absolute atomic E-state index is 0.151. The third kappa shape index (κ3) is 5.61. The number of hydrogen-bond acceptors (Lipinski definition) is 4. The summed E-state index contributed by atoms with van der Waals surface area (Å²) in [6.07, 6.45) is 9.97. The molecule has 0 spiro atoms. The quantitative estimate of drug-likeness (QED) is 0.357. The van der Waals surface area contributed by atoms with E-state index in [1.54, 1.807) is 11.3 Å². The molecule has 3 aromatic rings. The second kappa shape index (κ2) is 10.9. The Balaban J connectivity index is 1.30. The fraction of sp³-hybridized carbons (Fsp3) is 0.467. The fourth-order valence-electron chi connectivity index (χ4n) is 5.34. The summed E-state index contributed by atoms with van der Waals surface area (Å²) < 4.78 is 6.35. The molecule has 2 fully saturated rings. The van der Waals surface area contributed by atoms with E-state index in [1.165, 1.54) is 49.1 Å². The number of carbonyl (C=O) groups excluding carboxylic acids is 1. The highest BCUT2D eigenvalue weighted by atomic mass is 32.1. The van der Waals surface area contributed by atoms with Gasteiger partial charge in [0.15, 0.2) is 0 Å². The van der Waals surface area contributed by atoms with Crippen LogP contribution in [0.15, 0.2) is 41.8 Å². The summed E-state index contributed by atoms with van der Waals surface area (Å²) in [4.78, 5) is 19.9. The lowest BCUT2D eigenvalue weighted by atomic mass is 9.90. The maximum absolute atomic E-state index is 12.9. The minimum atomic E-state index is 0.151. The molecule has 1 aliphatic heterocycles. The van der Waals surface area contributed by atoms with Gasteiger partial charge in [-0.05, 0) is 81.3 Å². The Labute approximate surface area is 213 Å². The van der Waals surface area contributed by atoms with Crippen molar-refractivity contribution in [3.63, 3.8) is 0 Å². The van der Waals surface area contributed by atoms with Crippen molar-refractivity contribution in [1.29, 1.82) is 0 Å². The summed E-state index contributed by atoms with van der Waals surface area (Å²) in [6, 6.07) is 12.4. The molecule has 1 aromatic heterocycles. The van der Waals surface area contributed by atoms with Gasteiger partial charge in [-0.15, -0.1) is 11.3 Å². The van der Waals surface area contributed by atoms with Crippen LogP contribution < -0.4 is 4.74 Å². The number of aryl methyl sites for hydroxylation is 2. The Morgan fingerprint density at radius 2 is 1.77 bits per heavy atom. The van der Waals surface area contributed by atoms with Crippen LogP contribution in [0.25, 0.3) is 11.3 Å². The van der Waals surface area contributed by atoms with E-state index in [0.29, 0.717) is 12.5 Å². The van der Waals surface area contributed by atoms with Crippen LogP contribution in [0.2, 0.25) is 0 Å². The monoisotopic (exact) mass is 488 g/mol. The zero-order valence-corrected chi connectivity index (χ0v) is 21.8. The number of thiazole rings is 1. The highest BCUT2D eigenvalue weighted by Gasteiger charge is 2.21. The molecule has 0 N–H and O–H groups in total. The summed E-state index contributed by atoms with van der Waals surface area (Å²) >= 11 is 1.80. The molecule has 1 amide bonds. The molecule has 5 heteroatoms. The maximum Gasteiger partial charge on any atom is 0.253 e. The number of ether oxygens (including phenoxy) is 1. The summed E-state index contributed by atoms with van der Waals surface area (Å²) in [7, 11) is 0. The van der Waals surface area contributed by atoms with Crippen LogP contribution in [0.4, 0.5) is 0 Å². The smallest absolute Gasteiger partial charge is 0.253 e. The molecule has 2 aromatic carbocycles. The van der Waals surface area contributed by atoms with Gasteiger partial charge in [-0.3, -0.25) is 4.79 Å². The summed E-state index contributed by atoms with van der Waals surface area (Å²) in [5.41, 5.74) is 6.27. The number of amides is 1. The van der Waals surface area contributed by atoms with Gasteiger partial charge in [0.25, 0.3) is 5.91 Å². The second-order valence-electron chi connectivity index (χ2n) is 10.2. The van der Waals surface area contributed by atoms with E-state index in [2.05, 4.69) is 37.4 Å². The molecule has 0 unspecified atom stereocenters. The first kappa shape index (κ1) is 24.1. The lowest BCUT2D eigenvalue weighted by Gasteiger charge is -2.27. The molecule has 0 atom stereocenters. The molecule has 2 aliphatic rings. The predicted molar refractivity (Wildman–Crippen MR) is 143 cm³/mol. The number of aromatic nitrogens is 1. The molecule has 5 rings (SSSR count). The van der Waals surface area contributed by atoms with Gasteiger partial charge < -0.3 is 9.64 Å². The first-order chi connectivity index (χ1) is 17.1. The standard InChI is InChI=1S/C30H36N2O2S/c1-21-11-14-28(26(17-21)27-20-35-29(31-27)23-9-5-3-6-10-23)34-19-25-13-12-24(18-22(25)2)30(33)32-15-7-4-8-16-32/h11-14,17-18,20,23H,3-10,15-16,19H2,1-2H3. The molecule has 0 bridgehead atoms. The SMILES string of the molecule is Cc1ccc(OCc2ccc(C(=O)N3CCCCC3)cc2C)c(-c2csc(C3CCCCC3)n2)c1. The number of piperidine rings is 1. The van der Waals surface area contributed by atoms with Crippen molar-refractivity contribution in [3.05, 3.63) is 69.0 Å². The predicted octanol–water partition coefficient (Wildman–Crippen LogP) is 7.68. The Bertz CT molecular complexity index is 1170. The van der Waals surface area contributed by atoms with E-state index >= 15 is 0 Å². The van der Waals surface area contributed by atoms with Gasteiger partial charge in [0.2, 0.25) is 0 Å². The molecule has 2 heterocycles. The molecular weight excluding hydrogens is 452 g/mol. The summed E-state index contributed by atoms with van der Waals surface area (Å²) in [5.74, 6) is 1.63. The van der Waals surface area contributed by atoms with E-state index in [1.807, 2.05) is 23.1 Å². The van der Waals surface area contributed by atoms with Gasteiger partial charge >= 0.3 is 0 Å². The Morgan fingerprint density at radius 3 is 2.54 bits per heavy atom. The third-order valence-corrected chi connectivity index (χ3v) is 8.51. The van der Waals surface area contributed by atoms with Crippen molar-refractivity contribution in [1.82, 2.24) is 9.88 Å². The van der Waals surface area contributed by atoms with Crippen LogP contribution in [0, 0.1) is 13.8 Å². The zero-order chi connectivity index (χ0) is 24.2. The number of nitrogens with zero attached hydrogens (tertiary/aromatic N) is 2. The Hall–Kier alpha value is -2.66. The Morgan fingerprint density at radius 1 is 1.00 bits per heavy atom. The number of rotatable bonds is 6. The average molecular weight is 489 g/mol. The van der Waals surface area contributed by atoms with Gasteiger partial charge in [-0.25, -0.2) is 4.98 Å². The van der Waals surface area contributed by atoms with Gasteiger partial charge in [0.1, 0.15) is 12.4 Å². The van der Waals surface area contributed by atoms with Crippen LogP contribution in [0.1, 0.15) is 89.3 Å². The van der Waals surface area contributed by atoms with Crippen molar-refractivity contribution in [3.8, 4) is 17.0 Å². The molecule has 1 saturated heterocycles. The summed E-state index contributed by atoms with van der Waals surface area (Å²) in [5, 5.41) is 3.47. The second-order valence-corrected chi connectivity index (χ2v) is 11.1. The molecule has 1 aliphatic carbocycles. The van der Waals surface area contributed by atoms with Gasteiger partial charge in [0.05, 0.1) is 10.7 Å². The van der Waals surface area contributed by atoms with E-state index in [9.17, 15) is 4.79 Å². The van der Waals surface area contributed by atoms with Crippen LogP contribution in [0.3, 0.4) is 0 Å². The van der Waals surface area contributed by atoms with Crippen LogP contribution in [-0.4, -0.2) is 28.9 Å². The van der Waals surface area contributed by atoms with E-state index in [-0.39, 0.29) is 5.91 Å². The molecule has 1 saturated carbocycles. The number of carbonyl (C=O) groups is 1. The first-order valence-electron chi connectivity index (χ1n) is 13.2. The normalized spacial score (nSPS) is 16.9. The Kier molecular flexibility index (Phi) is 7.52. The van der Waals surface area contributed by atoms with Crippen LogP contribution >= 0.6 is 11.3 Å². The molecule has 0 radical (unpaired) electrons. The zero-order valence-electron chi connectivity index (χ0n) is 21.0. The van der Waals surface area contributed by atoms with Gasteiger partial charge in [-0.2, -0.15) is 0 Å². The lowest BCUT2D eigenvalue weighted by Crippen LogP contribution is -2.35. The van der Waals surface area contributed by atoms with E-state index in [0.717, 1.165) is 59.6 Å². The maximum atomic E-state index is 12.9. The average Bonchev–Trinajstić information content (AvgIpc) is 3.39. The van der Waals surface area contributed by atoms with Crippen molar-refractivity contribution < 1.29 is 9.53 Å². The molecule has 4 nitrogen and oxygen atoms in total. The van der Waals surface area contributed by atoms with Crippen molar-refractivity contribution in [2.75, 3.05) is 13.1 Å². The largest absolute Gasteiger partial charge is 0.488 e. The lowest BCUT2D eigenvalue weighted by molar-refractivity contribution is 0.0724. The van der Waals surface area contributed by atoms with Gasteiger partial charge in [0, 0.05) is 35.5 Å². The van der Waals surface area contributed by atoms with Gasteiger partial charge in [-0.1, -0.05) is 37.0 Å². The van der Waals surface area contributed by atoms with Crippen molar-refractivity contribution in [2.24, 2.45) is 0 Å². The van der Waals surface area contributed by atoms with E-state index < -0.39 is 0 Å². The number of likely N-dealkylation sites (tertiary alicyclic amines) is 1. The summed E-state index contributed by atoms with van der Waals surface area (Å²) in [6.45, 7) is 6.40. The molecule has 35 heavy (non-hydrogen) atoms. The minimum Gasteiger partial charge on any atom is -0.488 e. The number of benzene rings is 2.